The zero-order valence-corrected chi connectivity index (χ0v) is 6.28. The van der Waals surface area contributed by atoms with Gasteiger partial charge in [0.15, 0.2) is 0 Å². The molecular formula is C4H12Si. The summed E-state index contributed by atoms with van der Waals surface area (Å²) >= 11 is 0. The molecule has 0 aliphatic carbocycles. The summed E-state index contributed by atoms with van der Waals surface area (Å²) < 4.78 is 0. The van der Waals surface area contributed by atoms with Crippen molar-refractivity contribution in [2.24, 2.45) is 0 Å². The van der Waals surface area contributed by atoms with Crippen molar-refractivity contribution in [1.29, 1.82) is 0 Å². The molecule has 0 saturated heterocycles. The normalized spacial score (nSPS) is 15.6. The Hall–Kier alpha value is 0.217. The van der Waals surface area contributed by atoms with Gasteiger partial charge in [0.05, 0.1) is 0 Å². The minimum atomic E-state index is 1.02. The molecule has 0 aromatic heterocycles. The van der Waals surface area contributed by atoms with E-state index < -0.39 is 0 Å². The molecule has 5 heavy (non-hydrogen) atoms. The molecule has 0 fully saturated rings. The molecule has 0 heterocycles. The Morgan fingerprint density at radius 2 is 2.00 bits per heavy atom. The van der Waals surface area contributed by atoms with Crippen LogP contribution in [0.5, 0.6) is 0 Å². The van der Waals surface area contributed by atoms with Gasteiger partial charge in [-0.25, -0.2) is 0 Å². The lowest BCUT2D eigenvalue weighted by Crippen LogP contribution is -1.76. The van der Waals surface area contributed by atoms with Crippen molar-refractivity contribution in [3.8, 4) is 0 Å². The first-order valence-electron chi connectivity index (χ1n) is 2.27. The molecule has 0 radical (unpaired) electrons. The first-order chi connectivity index (χ1) is 2.27. The third-order valence-corrected chi connectivity index (χ3v) is 1.63. The lowest BCUT2D eigenvalue weighted by atomic mass is 10.4. The maximum Gasteiger partial charge on any atom is 0.00636 e. The summed E-state index contributed by atoms with van der Waals surface area (Å²) in [4.78, 5) is 0. The Morgan fingerprint density at radius 1 is 1.80 bits per heavy atom. The Balaban J connectivity index is 2.54. The quantitative estimate of drug-likeness (QED) is 0.411. The molecule has 0 aromatic carbocycles. The van der Waals surface area contributed by atoms with Crippen molar-refractivity contribution in [1.82, 2.24) is 0 Å². The molecule has 32 valence electrons. The van der Waals surface area contributed by atoms with E-state index in [1.807, 2.05) is 0 Å². The summed E-state index contributed by atoms with van der Waals surface area (Å²) in [5.74, 6) is 0. The molecule has 0 N–H and O–H groups in total. The van der Waals surface area contributed by atoms with Crippen LogP contribution >= 0.6 is 0 Å². The van der Waals surface area contributed by atoms with Crippen molar-refractivity contribution in [3.05, 3.63) is 0 Å². The van der Waals surface area contributed by atoms with Crippen molar-refractivity contribution < 1.29 is 0 Å². The monoisotopic (exact) mass is 88.1 g/mol. The predicted octanol–water partition coefficient (Wildman–Crippen LogP) is 0.570. The lowest BCUT2D eigenvalue weighted by molar-refractivity contribution is 0.880. The first kappa shape index (κ1) is 5.22. The summed E-state index contributed by atoms with van der Waals surface area (Å²) in [6.45, 7) is 4.52. The predicted molar refractivity (Wildman–Crippen MR) is 29.7 cm³/mol. The molecule has 0 aliphatic heterocycles. The van der Waals surface area contributed by atoms with Crippen LogP contribution in [0.4, 0.5) is 0 Å². The van der Waals surface area contributed by atoms with E-state index in [2.05, 4.69) is 13.8 Å². The highest BCUT2D eigenvalue weighted by molar-refractivity contribution is 6.11. The van der Waals surface area contributed by atoms with Crippen molar-refractivity contribution in [2.75, 3.05) is 0 Å². The minimum absolute atomic E-state index is 1.02. The highest BCUT2D eigenvalue weighted by Crippen LogP contribution is 1.97. The second kappa shape index (κ2) is 2.45. The highest BCUT2D eigenvalue weighted by Gasteiger charge is 1.80. The van der Waals surface area contributed by atoms with Crippen molar-refractivity contribution >= 4 is 10.2 Å². The van der Waals surface area contributed by atoms with Crippen LogP contribution in [-0.2, 0) is 0 Å². The Labute approximate surface area is 37.0 Å². The molecule has 0 aromatic rings. The Kier molecular flexibility index (Phi) is 2.56. The summed E-state index contributed by atoms with van der Waals surface area (Å²) in [6, 6.07) is 0. The van der Waals surface area contributed by atoms with Gasteiger partial charge in [-0.2, -0.15) is 0 Å². The third-order valence-electron chi connectivity index (χ3n) is 0.816. The Morgan fingerprint density at radius 3 is 2.00 bits per heavy atom. The molecule has 0 amide bonds. The van der Waals surface area contributed by atoms with Gasteiger partial charge in [-0.05, 0) is 0 Å². The van der Waals surface area contributed by atoms with Gasteiger partial charge in [-0.1, -0.05) is 25.8 Å². The fourth-order valence-electron chi connectivity index (χ4n) is 0. The summed E-state index contributed by atoms with van der Waals surface area (Å²) in [5.41, 5.74) is 1.02. The highest BCUT2D eigenvalue weighted by atomic mass is 28.1. The molecule has 0 aliphatic rings. The van der Waals surface area contributed by atoms with Gasteiger partial charge in [0.25, 0.3) is 0 Å². The maximum atomic E-state index is 2.28. The fraction of sp³-hybridized carbons (Fsp3) is 1.00. The van der Waals surface area contributed by atoms with Crippen molar-refractivity contribution in [2.45, 2.75) is 25.8 Å². The van der Waals surface area contributed by atoms with Gasteiger partial charge in [-0.3, -0.25) is 0 Å². The van der Waals surface area contributed by atoms with E-state index in [9.17, 15) is 0 Å². The van der Waals surface area contributed by atoms with E-state index in [0.717, 1.165) is 5.54 Å². The smallest absolute Gasteiger partial charge is 0.00636 e. The average Bonchev–Trinajstić information content (AvgIpc) is 1.38. The third kappa shape index (κ3) is 4.22. The van der Waals surface area contributed by atoms with Gasteiger partial charge in [0.2, 0.25) is 0 Å². The van der Waals surface area contributed by atoms with Gasteiger partial charge in [0.1, 0.15) is 0 Å². The van der Waals surface area contributed by atoms with Gasteiger partial charge >= 0.3 is 0 Å². The van der Waals surface area contributed by atoms with E-state index >= 15 is 0 Å². The van der Waals surface area contributed by atoms with Crippen LogP contribution in [0, 0.1) is 0 Å². The topological polar surface area (TPSA) is 0 Å². The molecule has 1 heteroatoms. The summed E-state index contributed by atoms with van der Waals surface area (Å²) in [5, 5.41) is 0. The van der Waals surface area contributed by atoms with Crippen LogP contribution < -0.4 is 0 Å². The zero-order chi connectivity index (χ0) is 4.28. The van der Waals surface area contributed by atoms with Gasteiger partial charge in [-0.15, -0.1) is 0 Å². The van der Waals surface area contributed by atoms with Crippen LogP contribution in [-0.4, -0.2) is 10.2 Å². The van der Waals surface area contributed by atoms with Crippen LogP contribution in [0.25, 0.3) is 0 Å². The van der Waals surface area contributed by atoms with Gasteiger partial charge < -0.3 is 0 Å². The molecule has 0 spiro atoms. The standard InChI is InChI=1S/C4H12Si/c1-3-4(2)5/h4H,3H2,1-2,5H3. The second-order valence-corrected chi connectivity index (χ2v) is 3.77. The molecule has 1 atom stereocenters. The summed E-state index contributed by atoms with van der Waals surface area (Å²) in [6.07, 6.45) is 1.37. The SMILES string of the molecule is CCC(C)[SiH3]. The number of hydrogen-bond donors (Lipinski definition) is 0. The molecular weight excluding hydrogens is 76.1 g/mol. The van der Waals surface area contributed by atoms with Crippen LogP contribution in [0.3, 0.4) is 0 Å². The van der Waals surface area contributed by atoms with E-state index in [0.29, 0.717) is 0 Å². The number of rotatable bonds is 1. The average molecular weight is 88.2 g/mol. The number of hydrogen-bond acceptors (Lipinski definition) is 0. The maximum absolute atomic E-state index is 2.28. The second-order valence-electron chi connectivity index (χ2n) is 1.80. The zero-order valence-electron chi connectivity index (χ0n) is 4.28. The minimum Gasteiger partial charge on any atom is -0.0658 e. The largest absolute Gasteiger partial charge is 0.0658 e. The molecule has 0 saturated carbocycles. The van der Waals surface area contributed by atoms with E-state index in [1.165, 1.54) is 16.7 Å². The van der Waals surface area contributed by atoms with E-state index in [1.54, 1.807) is 0 Å². The van der Waals surface area contributed by atoms with Crippen LogP contribution in [0.15, 0.2) is 0 Å². The van der Waals surface area contributed by atoms with Crippen molar-refractivity contribution in [3.63, 3.8) is 0 Å². The summed E-state index contributed by atoms with van der Waals surface area (Å²) in [7, 11) is 1.37. The lowest BCUT2D eigenvalue weighted by Gasteiger charge is -1.90. The van der Waals surface area contributed by atoms with Crippen LogP contribution in [0.2, 0.25) is 5.54 Å². The molecule has 0 nitrogen and oxygen atoms in total. The molecule has 0 bridgehead atoms. The Bertz CT molecular complexity index is 17.6. The van der Waals surface area contributed by atoms with E-state index in [4.69, 9.17) is 0 Å². The van der Waals surface area contributed by atoms with Crippen LogP contribution in [0.1, 0.15) is 20.3 Å². The first-order valence-corrected chi connectivity index (χ1v) is 3.42. The fourth-order valence-corrected chi connectivity index (χ4v) is 0. The molecule has 0 rings (SSSR count). The van der Waals surface area contributed by atoms with Gasteiger partial charge in [0, 0.05) is 10.2 Å². The van der Waals surface area contributed by atoms with E-state index in [-0.39, 0.29) is 0 Å². The molecule has 1 unspecified atom stereocenters.